The number of rotatable bonds is 9. The Labute approximate surface area is 200 Å². The van der Waals surface area contributed by atoms with E-state index in [1.165, 1.54) is 36.8 Å². The number of carboxylic acids is 1. The average Bonchev–Trinajstić information content (AvgIpc) is 3.48. The zero-order chi connectivity index (χ0) is 24.1. The predicted octanol–water partition coefficient (Wildman–Crippen LogP) is 3.05. The minimum absolute atomic E-state index is 0.0143. The van der Waals surface area contributed by atoms with E-state index in [-0.39, 0.29) is 24.8 Å². The molecular formula is C26H34N4O4. The van der Waals surface area contributed by atoms with Crippen LogP contribution in [0.25, 0.3) is 0 Å². The van der Waals surface area contributed by atoms with Gasteiger partial charge in [0, 0.05) is 25.9 Å². The van der Waals surface area contributed by atoms with Crippen LogP contribution in [0.5, 0.6) is 0 Å². The summed E-state index contributed by atoms with van der Waals surface area (Å²) < 4.78 is 2.08. The number of hydrogen-bond acceptors (Lipinski definition) is 4. The number of amides is 2. The number of carbonyl (C=O) groups excluding carboxylic acids is 2. The molecule has 2 heterocycles. The highest BCUT2D eigenvalue weighted by Gasteiger charge is 2.37. The molecule has 1 atom stereocenters. The number of imidazole rings is 1. The van der Waals surface area contributed by atoms with E-state index in [4.69, 9.17) is 5.11 Å². The molecule has 1 fully saturated rings. The van der Waals surface area contributed by atoms with Gasteiger partial charge in [-0.05, 0) is 30.4 Å². The SMILES string of the molecule is Cc1ccccc1Cn1cnc2c1CN(C(=O)CCC1CCCC1)C(C(=O)NCCC(=O)O)C2. The lowest BCUT2D eigenvalue weighted by molar-refractivity contribution is -0.142. The number of nitrogens with zero attached hydrogens (tertiary/aromatic N) is 3. The summed E-state index contributed by atoms with van der Waals surface area (Å²) in [5.41, 5.74) is 4.18. The lowest BCUT2D eigenvalue weighted by atomic mass is 9.98. The highest BCUT2D eigenvalue weighted by atomic mass is 16.4. The molecule has 0 saturated heterocycles. The van der Waals surface area contributed by atoms with Crippen molar-refractivity contribution in [3.63, 3.8) is 0 Å². The molecule has 2 amide bonds. The van der Waals surface area contributed by atoms with Crippen molar-refractivity contribution < 1.29 is 19.5 Å². The summed E-state index contributed by atoms with van der Waals surface area (Å²) in [4.78, 5) is 43.4. The van der Waals surface area contributed by atoms with Gasteiger partial charge in [-0.3, -0.25) is 14.4 Å². The van der Waals surface area contributed by atoms with E-state index < -0.39 is 12.0 Å². The van der Waals surface area contributed by atoms with Crippen LogP contribution in [0.1, 0.15) is 67.5 Å². The summed E-state index contributed by atoms with van der Waals surface area (Å²) in [7, 11) is 0. The summed E-state index contributed by atoms with van der Waals surface area (Å²) in [6, 6.07) is 7.53. The van der Waals surface area contributed by atoms with E-state index in [1.54, 1.807) is 11.2 Å². The van der Waals surface area contributed by atoms with Crippen LogP contribution >= 0.6 is 0 Å². The van der Waals surface area contributed by atoms with Crippen molar-refractivity contribution in [1.29, 1.82) is 0 Å². The van der Waals surface area contributed by atoms with Crippen molar-refractivity contribution in [1.82, 2.24) is 19.8 Å². The topological polar surface area (TPSA) is 105 Å². The molecule has 0 radical (unpaired) electrons. The highest BCUT2D eigenvalue weighted by molar-refractivity contribution is 5.88. The van der Waals surface area contributed by atoms with Gasteiger partial charge in [-0.2, -0.15) is 0 Å². The number of nitrogens with one attached hydrogen (secondary N) is 1. The van der Waals surface area contributed by atoms with Crippen LogP contribution in [0.3, 0.4) is 0 Å². The van der Waals surface area contributed by atoms with Gasteiger partial charge in [-0.15, -0.1) is 0 Å². The van der Waals surface area contributed by atoms with Crippen LogP contribution in [0, 0.1) is 12.8 Å². The van der Waals surface area contributed by atoms with Gasteiger partial charge in [0.2, 0.25) is 11.8 Å². The van der Waals surface area contributed by atoms with Crippen molar-refractivity contribution in [3.8, 4) is 0 Å². The van der Waals surface area contributed by atoms with Crippen molar-refractivity contribution >= 4 is 17.8 Å². The minimum Gasteiger partial charge on any atom is -0.481 e. The van der Waals surface area contributed by atoms with Crippen LogP contribution in [0.2, 0.25) is 0 Å². The molecule has 1 aliphatic carbocycles. The maximum absolute atomic E-state index is 13.3. The standard InChI is InChI=1S/C26H34N4O4/c1-18-6-2-5-9-20(18)15-29-17-28-21-14-22(26(34)27-13-12-25(32)33)30(16-23(21)29)24(31)11-10-19-7-3-4-8-19/h2,5-6,9,17,19,22H,3-4,7-8,10-16H2,1H3,(H,27,34)(H,32,33). The van der Waals surface area contributed by atoms with Gasteiger partial charge < -0.3 is 19.9 Å². The summed E-state index contributed by atoms with van der Waals surface area (Å²) >= 11 is 0. The van der Waals surface area contributed by atoms with E-state index in [0.29, 0.717) is 31.8 Å². The molecule has 2 aliphatic rings. The molecule has 1 aromatic heterocycles. The maximum Gasteiger partial charge on any atom is 0.305 e. The molecule has 8 nitrogen and oxygen atoms in total. The van der Waals surface area contributed by atoms with Crippen molar-refractivity contribution in [2.45, 2.75) is 77.4 Å². The van der Waals surface area contributed by atoms with Gasteiger partial charge >= 0.3 is 5.97 Å². The zero-order valence-electron chi connectivity index (χ0n) is 19.8. The Kier molecular flexibility index (Phi) is 7.65. The monoisotopic (exact) mass is 466 g/mol. The van der Waals surface area contributed by atoms with Crippen LogP contribution in [0.15, 0.2) is 30.6 Å². The fourth-order valence-corrected chi connectivity index (χ4v) is 5.15. The molecule has 8 heteroatoms. The Morgan fingerprint density at radius 2 is 1.91 bits per heavy atom. The molecule has 1 saturated carbocycles. The number of benzene rings is 1. The zero-order valence-corrected chi connectivity index (χ0v) is 19.8. The third kappa shape index (κ3) is 5.66. The van der Waals surface area contributed by atoms with Gasteiger partial charge in [0.1, 0.15) is 6.04 Å². The molecule has 0 spiro atoms. The largest absolute Gasteiger partial charge is 0.481 e. The molecule has 182 valence electrons. The first kappa shape index (κ1) is 24.0. The number of carboxylic acid groups (broad SMARTS) is 1. The van der Waals surface area contributed by atoms with E-state index >= 15 is 0 Å². The van der Waals surface area contributed by atoms with E-state index in [9.17, 15) is 14.4 Å². The van der Waals surface area contributed by atoms with E-state index in [2.05, 4.69) is 33.9 Å². The molecule has 4 rings (SSSR count). The Balaban J connectivity index is 1.52. The molecule has 1 aromatic carbocycles. The molecule has 2 N–H and O–H groups in total. The van der Waals surface area contributed by atoms with E-state index in [0.717, 1.165) is 17.8 Å². The minimum atomic E-state index is -0.967. The molecule has 34 heavy (non-hydrogen) atoms. The second-order valence-electron chi connectivity index (χ2n) is 9.56. The van der Waals surface area contributed by atoms with Gasteiger partial charge in [-0.1, -0.05) is 49.9 Å². The summed E-state index contributed by atoms with van der Waals surface area (Å²) in [5.74, 6) is -0.696. The molecule has 0 bridgehead atoms. The molecule has 1 aliphatic heterocycles. The summed E-state index contributed by atoms with van der Waals surface area (Å²) in [6.07, 6.45) is 8.11. The fourth-order valence-electron chi connectivity index (χ4n) is 5.15. The van der Waals surface area contributed by atoms with Gasteiger partial charge in [0.05, 0.1) is 30.7 Å². The number of aromatic nitrogens is 2. The third-order valence-corrected chi connectivity index (χ3v) is 7.22. The molecular weight excluding hydrogens is 432 g/mol. The Bertz CT molecular complexity index is 1040. The van der Waals surface area contributed by atoms with Crippen LogP contribution < -0.4 is 5.32 Å². The highest BCUT2D eigenvalue weighted by Crippen LogP contribution is 2.30. The first-order valence-electron chi connectivity index (χ1n) is 12.3. The third-order valence-electron chi connectivity index (χ3n) is 7.22. The van der Waals surface area contributed by atoms with E-state index in [1.807, 2.05) is 12.1 Å². The van der Waals surface area contributed by atoms with Gasteiger partial charge in [0.25, 0.3) is 0 Å². The first-order valence-corrected chi connectivity index (χ1v) is 12.3. The second-order valence-corrected chi connectivity index (χ2v) is 9.56. The summed E-state index contributed by atoms with van der Waals surface area (Å²) in [6.45, 7) is 3.12. The quantitative estimate of drug-likeness (QED) is 0.591. The van der Waals surface area contributed by atoms with Crippen molar-refractivity contribution in [3.05, 3.63) is 53.1 Å². The maximum atomic E-state index is 13.3. The van der Waals surface area contributed by atoms with Crippen LogP contribution in [0.4, 0.5) is 0 Å². The normalized spacial score (nSPS) is 18.0. The number of aryl methyl sites for hydroxylation is 1. The van der Waals surface area contributed by atoms with Crippen LogP contribution in [-0.2, 0) is 33.9 Å². The fraction of sp³-hybridized carbons (Fsp3) is 0.538. The number of fused-ring (bicyclic) bond motifs is 1. The molecule has 2 aromatic rings. The Morgan fingerprint density at radius 3 is 2.65 bits per heavy atom. The number of hydrogen-bond donors (Lipinski definition) is 2. The Morgan fingerprint density at radius 1 is 1.15 bits per heavy atom. The van der Waals surface area contributed by atoms with Crippen molar-refractivity contribution in [2.24, 2.45) is 5.92 Å². The lowest BCUT2D eigenvalue weighted by Gasteiger charge is -2.35. The molecule has 1 unspecified atom stereocenters. The average molecular weight is 467 g/mol. The van der Waals surface area contributed by atoms with Gasteiger partial charge in [-0.25, -0.2) is 4.98 Å². The smallest absolute Gasteiger partial charge is 0.305 e. The number of carbonyl (C=O) groups is 3. The Hall–Kier alpha value is -3.16. The van der Waals surface area contributed by atoms with Crippen molar-refractivity contribution in [2.75, 3.05) is 6.54 Å². The number of aliphatic carboxylic acids is 1. The summed E-state index contributed by atoms with van der Waals surface area (Å²) in [5, 5.41) is 11.6. The predicted molar refractivity (Wildman–Crippen MR) is 127 cm³/mol. The second kappa shape index (κ2) is 10.8. The van der Waals surface area contributed by atoms with Crippen LogP contribution in [-0.4, -0.2) is 49.9 Å². The first-order chi connectivity index (χ1) is 16.4. The van der Waals surface area contributed by atoms with Gasteiger partial charge in [0.15, 0.2) is 0 Å². The lowest BCUT2D eigenvalue weighted by Crippen LogP contribution is -2.53.